The number of benzene rings is 1. The van der Waals surface area contributed by atoms with E-state index in [0.717, 1.165) is 12.2 Å². The summed E-state index contributed by atoms with van der Waals surface area (Å²) in [4.78, 5) is 11.2. The van der Waals surface area contributed by atoms with E-state index < -0.39 is 0 Å². The Morgan fingerprint density at radius 3 is 0.958 bits per heavy atom. The van der Waals surface area contributed by atoms with Crippen molar-refractivity contribution >= 4 is 5.97 Å². The van der Waals surface area contributed by atoms with Crippen molar-refractivity contribution in [1.82, 2.24) is 0 Å². The van der Waals surface area contributed by atoms with E-state index in [0.29, 0.717) is 158 Å². The van der Waals surface area contributed by atoms with Crippen molar-refractivity contribution < 1.29 is 66.4 Å². The van der Waals surface area contributed by atoms with Gasteiger partial charge in [-0.15, -0.1) is 0 Å². The zero-order valence-corrected chi connectivity index (χ0v) is 29.0. The summed E-state index contributed by atoms with van der Waals surface area (Å²) in [5, 5.41) is 0. The molecule has 0 aliphatic heterocycles. The molecule has 0 fully saturated rings. The Bertz CT molecular complexity index is 773. The van der Waals surface area contributed by atoms with Crippen molar-refractivity contribution in [3.05, 3.63) is 30.3 Å². The maximum Gasteiger partial charge on any atom is 0.305 e. The van der Waals surface area contributed by atoms with Crippen LogP contribution in [0.15, 0.2) is 30.3 Å². The molecule has 0 bridgehead atoms. The van der Waals surface area contributed by atoms with Crippen molar-refractivity contribution in [2.45, 2.75) is 19.8 Å². The quantitative estimate of drug-likeness (QED) is 0.0738. The van der Waals surface area contributed by atoms with Crippen LogP contribution in [0.4, 0.5) is 0 Å². The molecular formula is C34H60O14. The van der Waals surface area contributed by atoms with E-state index in [4.69, 9.17) is 61.6 Å². The second kappa shape index (κ2) is 37.9. The average Bonchev–Trinajstić information content (AvgIpc) is 3.10. The highest BCUT2D eigenvalue weighted by Gasteiger charge is 2.00. The molecule has 280 valence electrons. The lowest BCUT2D eigenvalue weighted by atomic mass is 10.3. The third-order valence-corrected chi connectivity index (χ3v) is 5.90. The fourth-order valence-corrected chi connectivity index (χ4v) is 3.53. The molecule has 0 atom stereocenters. The minimum atomic E-state index is -0.189. The van der Waals surface area contributed by atoms with Crippen LogP contribution in [0.3, 0.4) is 0 Å². The molecule has 0 N–H and O–H groups in total. The maximum atomic E-state index is 11.2. The van der Waals surface area contributed by atoms with Gasteiger partial charge in [0.05, 0.1) is 145 Å². The van der Waals surface area contributed by atoms with Crippen molar-refractivity contribution in [2.24, 2.45) is 0 Å². The number of carbonyl (C=O) groups excluding carboxylic acids is 1. The van der Waals surface area contributed by atoms with Crippen LogP contribution >= 0.6 is 0 Å². The highest BCUT2D eigenvalue weighted by molar-refractivity contribution is 5.69. The molecule has 0 aromatic heterocycles. The van der Waals surface area contributed by atoms with Gasteiger partial charge in [0.25, 0.3) is 0 Å². The summed E-state index contributed by atoms with van der Waals surface area (Å²) >= 11 is 0. The predicted octanol–water partition coefficient (Wildman–Crippen LogP) is 2.59. The fourth-order valence-electron chi connectivity index (χ4n) is 3.53. The number of hydrogen-bond acceptors (Lipinski definition) is 14. The van der Waals surface area contributed by atoms with Gasteiger partial charge in [-0.1, -0.05) is 25.1 Å². The summed E-state index contributed by atoms with van der Waals surface area (Å²) in [5.74, 6) is 0.652. The van der Waals surface area contributed by atoms with Crippen LogP contribution in [0.5, 0.6) is 5.75 Å². The summed E-state index contributed by atoms with van der Waals surface area (Å²) in [6.45, 7) is 13.6. The minimum Gasteiger partial charge on any atom is -0.491 e. The van der Waals surface area contributed by atoms with Crippen LogP contribution in [0.25, 0.3) is 0 Å². The molecule has 0 saturated carbocycles. The first-order chi connectivity index (χ1) is 23.8. The highest BCUT2D eigenvalue weighted by Crippen LogP contribution is 2.07. The summed E-state index contributed by atoms with van der Waals surface area (Å²) < 4.78 is 70.5. The molecular weight excluding hydrogens is 632 g/mol. The maximum absolute atomic E-state index is 11.2. The molecule has 1 rings (SSSR count). The van der Waals surface area contributed by atoms with Crippen molar-refractivity contribution in [3.63, 3.8) is 0 Å². The topological polar surface area (TPSA) is 137 Å². The van der Waals surface area contributed by atoms with E-state index in [1.807, 2.05) is 37.3 Å². The number of esters is 1. The second-order valence-corrected chi connectivity index (χ2v) is 9.87. The highest BCUT2D eigenvalue weighted by atomic mass is 16.6. The summed E-state index contributed by atoms with van der Waals surface area (Å²) in [6.07, 6.45) is 1.22. The Kier molecular flexibility index (Phi) is 34.8. The molecule has 0 aliphatic carbocycles. The molecule has 0 amide bonds. The monoisotopic (exact) mass is 692 g/mol. The van der Waals surface area contributed by atoms with Gasteiger partial charge in [0.15, 0.2) is 0 Å². The van der Waals surface area contributed by atoms with E-state index in [-0.39, 0.29) is 12.6 Å². The van der Waals surface area contributed by atoms with Crippen LogP contribution in [-0.4, -0.2) is 165 Å². The molecule has 0 unspecified atom stereocenters. The molecule has 14 nitrogen and oxygen atoms in total. The van der Waals surface area contributed by atoms with Crippen molar-refractivity contribution in [2.75, 3.05) is 159 Å². The van der Waals surface area contributed by atoms with Gasteiger partial charge < -0.3 is 61.6 Å². The zero-order valence-electron chi connectivity index (χ0n) is 29.0. The fraction of sp³-hybridized carbons (Fsp3) is 0.794. The first-order valence-corrected chi connectivity index (χ1v) is 17.0. The van der Waals surface area contributed by atoms with Gasteiger partial charge in [-0.3, -0.25) is 4.79 Å². The number of hydrogen-bond donors (Lipinski definition) is 0. The molecule has 0 radical (unpaired) electrons. The Morgan fingerprint density at radius 2 is 0.667 bits per heavy atom. The number of ether oxygens (including phenoxy) is 13. The standard InChI is InChI=1S/C34H60O14/c1-2-6-34(35)48-32-30-46-28-26-44-24-22-42-20-18-40-16-14-38-12-10-36-9-11-37-13-15-39-17-19-41-21-23-43-25-27-45-29-31-47-33-7-4-3-5-8-33/h3-5,7-8H,2,6,9-32H2,1H3. The first-order valence-electron chi connectivity index (χ1n) is 17.0. The van der Waals surface area contributed by atoms with Gasteiger partial charge in [-0.25, -0.2) is 0 Å². The van der Waals surface area contributed by atoms with Crippen LogP contribution in [0.2, 0.25) is 0 Å². The van der Waals surface area contributed by atoms with E-state index in [1.54, 1.807) is 0 Å². The number of carbonyl (C=O) groups is 1. The van der Waals surface area contributed by atoms with E-state index in [9.17, 15) is 4.79 Å². The predicted molar refractivity (Wildman–Crippen MR) is 177 cm³/mol. The van der Waals surface area contributed by atoms with Gasteiger partial charge in [0, 0.05) is 6.42 Å². The van der Waals surface area contributed by atoms with Crippen molar-refractivity contribution in [3.8, 4) is 5.75 Å². The summed E-state index contributed by atoms with van der Waals surface area (Å²) in [7, 11) is 0. The third-order valence-electron chi connectivity index (χ3n) is 5.90. The molecule has 0 aliphatic rings. The molecule has 0 saturated heterocycles. The average molecular weight is 693 g/mol. The molecule has 0 heterocycles. The van der Waals surface area contributed by atoms with Crippen LogP contribution < -0.4 is 4.74 Å². The molecule has 1 aromatic carbocycles. The lowest BCUT2D eigenvalue weighted by Crippen LogP contribution is -2.15. The summed E-state index contributed by atoms with van der Waals surface area (Å²) in [5.41, 5.74) is 0. The van der Waals surface area contributed by atoms with Gasteiger partial charge in [0.2, 0.25) is 0 Å². The van der Waals surface area contributed by atoms with E-state index in [1.165, 1.54) is 0 Å². The van der Waals surface area contributed by atoms with Gasteiger partial charge >= 0.3 is 5.97 Å². The van der Waals surface area contributed by atoms with Gasteiger partial charge in [-0.2, -0.15) is 0 Å². The lowest BCUT2D eigenvalue weighted by Gasteiger charge is -2.09. The Hall–Kier alpha value is -1.95. The molecule has 0 spiro atoms. The van der Waals surface area contributed by atoms with Crippen molar-refractivity contribution in [1.29, 1.82) is 0 Å². The first kappa shape index (κ1) is 44.1. The second-order valence-electron chi connectivity index (χ2n) is 9.87. The van der Waals surface area contributed by atoms with Crippen LogP contribution in [-0.2, 0) is 61.6 Å². The van der Waals surface area contributed by atoms with Crippen LogP contribution in [0, 0.1) is 0 Å². The van der Waals surface area contributed by atoms with Gasteiger partial charge in [0.1, 0.15) is 19.0 Å². The van der Waals surface area contributed by atoms with E-state index >= 15 is 0 Å². The largest absolute Gasteiger partial charge is 0.491 e. The molecule has 1 aromatic rings. The Balaban J connectivity index is 1.61. The molecule has 14 heteroatoms. The number of rotatable bonds is 39. The molecule has 48 heavy (non-hydrogen) atoms. The lowest BCUT2D eigenvalue weighted by molar-refractivity contribution is -0.145. The normalized spacial score (nSPS) is 11.3. The van der Waals surface area contributed by atoms with Gasteiger partial charge in [-0.05, 0) is 18.6 Å². The number of para-hydroxylation sites is 1. The van der Waals surface area contributed by atoms with E-state index in [2.05, 4.69) is 0 Å². The third kappa shape index (κ3) is 33.9. The van der Waals surface area contributed by atoms with Crippen LogP contribution in [0.1, 0.15) is 19.8 Å². The Labute approximate surface area is 286 Å². The minimum absolute atomic E-state index is 0.189. The smallest absolute Gasteiger partial charge is 0.305 e. The Morgan fingerprint density at radius 1 is 0.396 bits per heavy atom. The summed E-state index contributed by atoms with van der Waals surface area (Å²) in [6, 6.07) is 9.66. The SMILES string of the molecule is CCCC(=O)OCCOCCOCCOCCOCCOCCOCCOCCOCCOCCOCCOCCOc1ccccc1. The zero-order chi connectivity index (χ0) is 34.3.